The van der Waals surface area contributed by atoms with Gasteiger partial charge < -0.3 is 10.7 Å². The number of nitrogens with one attached hydrogen (secondary N) is 1. The largest absolute Gasteiger partial charge is 0.366 e. The minimum atomic E-state index is -0.456. The van der Waals surface area contributed by atoms with Crippen LogP contribution in [-0.4, -0.2) is 10.9 Å². The van der Waals surface area contributed by atoms with Crippen molar-refractivity contribution in [3.05, 3.63) is 83.2 Å². The Hall–Kier alpha value is -3.14. The number of carbonyl (C=O) groups excluding carboxylic acids is 1. The molecular weight excluding hydrogens is 303 g/mol. The second-order valence-electron chi connectivity index (χ2n) is 5.86. The van der Waals surface area contributed by atoms with Gasteiger partial charge in [0.05, 0.1) is 5.52 Å². The van der Waals surface area contributed by atoms with Crippen molar-refractivity contribution in [3.63, 3.8) is 0 Å². The Balaban J connectivity index is 1.97. The fraction of sp³-hybridized carbons (Fsp3) is 0.0500. The second-order valence-corrected chi connectivity index (χ2v) is 5.86. The van der Waals surface area contributed by atoms with Gasteiger partial charge in [0.1, 0.15) is 5.82 Å². The first-order valence-corrected chi connectivity index (χ1v) is 7.70. The summed E-state index contributed by atoms with van der Waals surface area (Å²) in [6, 6.07) is 18.0. The summed E-state index contributed by atoms with van der Waals surface area (Å²) in [6.45, 7) is 0. The van der Waals surface area contributed by atoms with Crippen molar-refractivity contribution in [3.8, 4) is 0 Å². The molecule has 0 spiro atoms. The highest BCUT2D eigenvalue weighted by molar-refractivity contribution is 6.18. The van der Waals surface area contributed by atoms with Crippen molar-refractivity contribution < 1.29 is 9.18 Å². The fourth-order valence-corrected chi connectivity index (χ4v) is 3.23. The molecule has 0 saturated carbocycles. The number of halogens is 1. The molecule has 0 saturated heterocycles. The van der Waals surface area contributed by atoms with Gasteiger partial charge in [-0.25, -0.2) is 4.39 Å². The van der Waals surface area contributed by atoms with Crippen LogP contribution in [0.5, 0.6) is 0 Å². The quantitative estimate of drug-likeness (QED) is 0.586. The van der Waals surface area contributed by atoms with Gasteiger partial charge in [-0.05, 0) is 41.8 Å². The van der Waals surface area contributed by atoms with E-state index in [0.29, 0.717) is 12.0 Å². The standard InChI is InChI=1S/C20H15FN2O/c21-14-5-3-4-12(11-14)10-13-8-9-16(20(22)24)18-15-6-1-2-7-17(15)23-19(13)18/h1-9,11,23H,10H2,(H2,22,24). The third-order valence-electron chi connectivity index (χ3n) is 4.30. The number of para-hydroxylation sites is 1. The van der Waals surface area contributed by atoms with Crippen LogP contribution in [0.4, 0.5) is 4.39 Å². The Kier molecular flexibility index (Phi) is 3.31. The maximum atomic E-state index is 13.5. The number of benzene rings is 3. The predicted molar refractivity (Wildman–Crippen MR) is 93.5 cm³/mol. The summed E-state index contributed by atoms with van der Waals surface area (Å²) >= 11 is 0. The molecule has 3 nitrogen and oxygen atoms in total. The third-order valence-corrected chi connectivity index (χ3v) is 4.30. The molecule has 4 rings (SSSR count). The molecule has 0 aliphatic rings. The van der Waals surface area contributed by atoms with E-state index >= 15 is 0 Å². The smallest absolute Gasteiger partial charge is 0.249 e. The lowest BCUT2D eigenvalue weighted by atomic mass is 9.98. The van der Waals surface area contributed by atoms with Gasteiger partial charge >= 0.3 is 0 Å². The van der Waals surface area contributed by atoms with E-state index in [1.165, 1.54) is 12.1 Å². The highest BCUT2D eigenvalue weighted by Gasteiger charge is 2.15. The summed E-state index contributed by atoms with van der Waals surface area (Å²) < 4.78 is 13.5. The SMILES string of the molecule is NC(=O)c1ccc(Cc2cccc(F)c2)c2[nH]c3ccccc3c12. The molecule has 0 radical (unpaired) electrons. The molecule has 3 N–H and O–H groups in total. The molecule has 0 aliphatic heterocycles. The van der Waals surface area contributed by atoms with Crippen LogP contribution >= 0.6 is 0 Å². The number of primary amides is 1. The molecule has 4 aromatic rings. The Morgan fingerprint density at radius 2 is 1.88 bits per heavy atom. The summed E-state index contributed by atoms with van der Waals surface area (Å²) in [5.74, 6) is -0.712. The number of aromatic amines is 1. The predicted octanol–water partition coefficient (Wildman–Crippen LogP) is 4.15. The topological polar surface area (TPSA) is 58.9 Å². The highest BCUT2D eigenvalue weighted by Crippen LogP contribution is 2.31. The number of amides is 1. The molecule has 0 bridgehead atoms. The number of H-pyrrole nitrogens is 1. The number of carbonyl (C=O) groups is 1. The van der Waals surface area contributed by atoms with E-state index < -0.39 is 5.91 Å². The summed E-state index contributed by atoms with van der Waals surface area (Å²) in [7, 11) is 0. The maximum Gasteiger partial charge on any atom is 0.249 e. The van der Waals surface area contributed by atoms with Crippen LogP contribution in [0.25, 0.3) is 21.8 Å². The molecular formula is C20H15FN2O. The summed E-state index contributed by atoms with van der Waals surface area (Å²) in [4.78, 5) is 15.2. The first-order chi connectivity index (χ1) is 11.6. The van der Waals surface area contributed by atoms with Gasteiger partial charge in [0.25, 0.3) is 0 Å². The van der Waals surface area contributed by atoms with E-state index in [-0.39, 0.29) is 5.82 Å². The highest BCUT2D eigenvalue weighted by atomic mass is 19.1. The Labute approximate surface area is 137 Å². The average Bonchev–Trinajstić information content (AvgIpc) is 2.95. The van der Waals surface area contributed by atoms with Gasteiger partial charge in [-0.1, -0.05) is 36.4 Å². The molecule has 118 valence electrons. The molecule has 0 atom stereocenters. The van der Waals surface area contributed by atoms with Crippen LogP contribution in [0.15, 0.2) is 60.7 Å². The van der Waals surface area contributed by atoms with Crippen molar-refractivity contribution in [2.75, 3.05) is 0 Å². The number of rotatable bonds is 3. The normalized spacial score (nSPS) is 11.2. The first kappa shape index (κ1) is 14.5. The van der Waals surface area contributed by atoms with E-state index in [9.17, 15) is 9.18 Å². The molecule has 0 fully saturated rings. The summed E-state index contributed by atoms with van der Waals surface area (Å²) in [5, 5.41) is 1.79. The van der Waals surface area contributed by atoms with E-state index in [0.717, 1.165) is 32.9 Å². The van der Waals surface area contributed by atoms with Crippen molar-refractivity contribution in [1.82, 2.24) is 4.98 Å². The Bertz CT molecular complexity index is 1080. The lowest BCUT2D eigenvalue weighted by molar-refractivity contribution is 0.100. The van der Waals surface area contributed by atoms with Crippen LogP contribution in [0.2, 0.25) is 0 Å². The lowest BCUT2D eigenvalue weighted by Gasteiger charge is -2.07. The number of fused-ring (bicyclic) bond motifs is 3. The monoisotopic (exact) mass is 318 g/mol. The lowest BCUT2D eigenvalue weighted by Crippen LogP contribution is -2.11. The average molecular weight is 318 g/mol. The zero-order valence-corrected chi connectivity index (χ0v) is 12.8. The van der Waals surface area contributed by atoms with Gasteiger partial charge in [0.2, 0.25) is 5.91 Å². The van der Waals surface area contributed by atoms with Crippen molar-refractivity contribution >= 4 is 27.7 Å². The maximum absolute atomic E-state index is 13.5. The second kappa shape index (κ2) is 5.49. The van der Waals surface area contributed by atoms with Gasteiger partial charge in [-0.15, -0.1) is 0 Å². The Morgan fingerprint density at radius 3 is 2.67 bits per heavy atom. The summed E-state index contributed by atoms with van der Waals surface area (Å²) in [6.07, 6.45) is 0.570. The zero-order valence-electron chi connectivity index (χ0n) is 12.8. The minimum Gasteiger partial charge on any atom is -0.366 e. The Morgan fingerprint density at radius 1 is 1.04 bits per heavy atom. The van der Waals surface area contributed by atoms with E-state index in [1.54, 1.807) is 12.1 Å². The van der Waals surface area contributed by atoms with Gasteiger partial charge in [0, 0.05) is 21.9 Å². The van der Waals surface area contributed by atoms with E-state index in [1.807, 2.05) is 36.4 Å². The van der Waals surface area contributed by atoms with Crippen LogP contribution in [0.3, 0.4) is 0 Å². The van der Waals surface area contributed by atoms with Crippen molar-refractivity contribution in [1.29, 1.82) is 0 Å². The molecule has 0 unspecified atom stereocenters. The molecule has 0 aliphatic carbocycles. The van der Waals surface area contributed by atoms with Gasteiger partial charge in [0.15, 0.2) is 0 Å². The van der Waals surface area contributed by atoms with Gasteiger partial charge in [-0.2, -0.15) is 0 Å². The molecule has 1 amide bonds. The number of hydrogen-bond donors (Lipinski definition) is 2. The summed E-state index contributed by atoms with van der Waals surface area (Å²) in [5.41, 5.74) is 9.73. The zero-order chi connectivity index (χ0) is 16.7. The van der Waals surface area contributed by atoms with Gasteiger partial charge in [-0.3, -0.25) is 4.79 Å². The van der Waals surface area contributed by atoms with Crippen molar-refractivity contribution in [2.24, 2.45) is 5.73 Å². The van der Waals surface area contributed by atoms with Crippen LogP contribution in [0, 0.1) is 5.82 Å². The molecule has 1 heterocycles. The first-order valence-electron chi connectivity index (χ1n) is 7.70. The number of hydrogen-bond acceptors (Lipinski definition) is 1. The van der Waals surface area contributed by atoms with Crippen LogP contribution in [0.1, 0.15) is 21.5 Å². The van der Waals surface area contributed by atoms with Crippen molar-refractivity contribution in [2.45, 2.75) is 6.42 Å². The van der Waals surface area contributed by atoms with E-state index in [2.05, 4.69) is 4.98 Å². The third kappa shape index (κ3) is 2.33. The molecule has 1 aromatic heterocycles. The fourth-order valence-electron chi connectivity index (χ4n) is 3.23. The number of nitrogens with two attached hydrogens (primary N) is 1. The van der Waals surface area contributed by atoms with Crippen LogP contribution < -0.4 is 5.73 Å². The molecule has 24 heavy (non-hydrogen) atoms. The number of aromatic nitrogens is 1. The van der Waals surface area contributed by atoms with E-state index in [4.69, 9.17) is 5.73 Å². The minimum absolute atomic E-state index is 0.255. The molecule has 4 heteroatoms. The molecule has 3 aromatic carbocycles. The van der Waals surface area contributed by atoms with Crippen LogP contribution in [-0.2, 0) is 6.42 Å².